The Kier molecular flexibility index (Phi) is 7.27. The van der Waals surface area contributed by atoms with Crippen LogP contribution in [0, 0.1) is 13.8 Å². The van der Waals surface area contributed by atoms with E-state index in [1.165, 1.54) is 11.1 Å². The first-order valence-corrected chi connectivity index (χ1v) is 11.4. The average Bonchev–Trinajstić information content (AvgIpc) is 3.43. The molecule has 0 aliphatic carbocycles. The Morgan fingerprint density at radius 1 is 1.28 bits per heavy atom. The molecule has 0 amide bonds. The van der Waals surface area contributed by atoms with Gasteiger partial charge in [-0.15, -0.1) is 0 Å². The molecule has 1 aliphatic rings. The zero-order valence-corrected chi connectivity index (χ0v) is 19.2. The standard InChI is InChI=1S/C25H33N5O2/c1-4-26-25(27-11-9-21-16-30-12-5-6-19(3)24(30)29-21)28-15-20-8-7-18(2)14-23(20)32-22-10-13-31-17-22/h5-8,12,14,16,22H,4,9-11,13,15,17H2,1-3H3,(H2,26,27,28). The number of fused-ring (bicyclic) bond motifs is 1. The second-order valence-electron chi connectivity index (χ2n) is 8.24. The number of aliphatic imine (C=N–C) groups is 1. The fourth-order valence-electron chi connectivity index (χ4n) is 3.83. The highest BCUT2D eigenvalue weighted by Gasteiger charge is 2.18. The number of hydrogen-bond donors (Lipinski definition) is 2. The third kappa shape index (κ3) is 5.59. The zero-order chi connectivity index (χ0) is 22.3. The molecule has 3 aromatic rings. The zero-order valence-electron chi connectivity index (χ0n) is 19.2. The molecule has 4 rings (SSSR count). The third-order valence-electron chi connectivity index (χ3n) is 5.56. The van der Waals surface area contributed by atoms with Crippen LogP contribution in [-0.4, -0.2) is 47.8 Å². The van der Waals surface area contributed by atoms with Crippen LogP contribution in [0.15, 0.2) is 47.7 Å². The van der Waals surface area contributed by atoms with Crippen molar-refractivity contribution in [2.45, 2.75) is 46.3 Å². The van der Waals surface area contributed by atoms with Crippen LogP contribution in [0.2, 0.25) is 0 Å². The lowest BCUT2D eigenvalue weighted by atomic mass is 10.1. The van der Waals surface area contributed by atoms with Crippen LogP contribution in [0.1, 0.15) is 35.7 Å². The van der Waals surface area contributed by atoms with Crippen molar-refractivity contribution in [3.05, 3.63) is 65.1 Å². The summed E-state index contributed by atoms with van der Waals surface area (Å²) in [6, 6.07) is 10.4. The summed E-state index contributed by atoms with van der Waals surface area (Å²) in [4.78, 5) is 9.55. The summed E-state index contributed by atoms with van der Waals surface area (Å²) in [6.07, 6.45) is 6.02. The smallest absolute Gasteiger partial charge is 0.191 e. The highest BCUT2D eigenvalue weighted by atomic mass is 16.5. The molecule has 0 radical (unpaired) electrons. The van der Waals surface area contributed by atoms with E-state index in [-0.39, 0.29) is 6.10 Å². The van der Waals surface area contributed by atoms with Gasteiger partial charge in [0.25, 0.3) is 0 Å². The average molecular weight is 436 g/mol. The summed E-state index contributed by atoms with van der Waals surface area (Å²) in [5, 5.41) is 6.76. The van der Waals surface area contributed by atoms with E-state index in [0.717, 1.165) is 61.2 Å². The molecule has 1 saturated heterocycles. The van der Waals surface area contributed by atoms with Crippen LogP contribution in [0.3, 0.4) is 0 Å². The molecule has 7 heteroatoms. The summed E-state index contributed by atoms with van der Waals surface area (Å²) in [5.74, 6) is 1.70. The van der Waals surface area contributed by atoms with Crippen molar-refractivity contribution in [3.63, 3.8) is 0 Å². The highest BCUT2D eigenvalue weighted by molar-refractivity contribution is 5.79. The van der Waals surface area contributed by atoms with Crippen LogP contribution >= 0.6 is 0 Å². The van der Waals surface area contributed by atoms with E-state index in [0.29, 0.717) is 13.2 Å². The number of aromatic nitrogens is 2. The van der Waals surface area contributed by atoms with Crippen molar-refractivity contribution in [1.29, 1.82) is 0 Å². The number of benzene rings is 1. The molecule has 1 aromatic carbocycles. The van der Waals surface area contributed by atoms with Gasteiger partial charge in [-0.2, -0.15) is 0 Å². The number of ether oxygens (including phenoxy) is 2. The highest BCUT2D eigenvalue weighted by Crippen LogP contribution is 2.24. The predicted molar refractivity (Wildman–Crippen MR) is 127 cm³/mol. The van der Waals surface area contributed by atoms with Gasteiger partial charge in [0, 0.05) is 43.9 Å². The number of nitrogens with one attached hydrogen (secondary N) is 2. The van der Waals surface area contributed by atoms with Gasteiger partial charge < -0.3 is 24.5 Å². The molecule has 2 N–H and O–H groups in total. The van der Waals surface area contributed by atoms with Crippen molar-refractivity contribution >= 4 is 11.6 Å². The maximum atomic E-state index is 6.21. The number of imidazole rings is 1. The van der Waals surface area contributed by atoms with E-state index >= 15 is 0 Å². The first-order valence-electron chi connectivity index (χ1n) is 11.4. The maximum Gasteiger partial charge on any atom is 0.191 e. The minimum Gasteiger partial charge on any atom is -0.488 e. The van der Waals surface area contributed by atoms with Gasteiger partial charge in [-0.25, -0.2) is 9.98 Å². The van der Waals surface area contributed by atoms with Crippen LogP contribution < -0.4 is 15.4 Å². The molecule has 1 aliphatic heterocycles. The molecule has 2 aromatic heterocycles. The number of rotatable bonds is 8. The Morgan fingerprint density at radius 2 is 2.19 bits per heavy atom. The van der Waals surface area contributed by atoms with E-state index in [4.69, 9.17) is 19.5 Å². The fraction of sp³-hybridized carbons (Fsp3) is 0.440. The summed E-state index contributed by atoms with van der Waals surface area (Å²) in [6.45, 7) is 9.77. The second-order valence-corrected chi connectivity index (χ2v) is 8.24. The van der Waals surface area contributed by atoms with Crippen LogP contribution in [0.25, 0.3) is 5.65 Å². The number of nitrogens with zero attached hydrogens (tertiary/aromatic N) is 3. The summed E-state index contributed by atoms with van der Waals surface area (Å²) >= 11 is 0. The van der Waals surface area contributed by atoms with Crippen molar-refractivity contribution in [3.8, 4) is 5.75 Å². The lowest BCUT2D eigenvalue weighted by molar-refractivity contribution is 0.140. The molecule has 7 nitrogen and oxygen atoms in total. The second kappa shape index (κ2) is 10.5. The molecule has 3 heterocycles. The Hall–Kier alpha value is -3.06. The molecule has 32 heavy (non-hydrogen) atoms. The predicted octanol–water partition coefficient (Wildman–Crippen LogP) is 3.42. The van der Waals surface area contributed by atoms with Gasteiger partial charge in [-0.1, -0.05) is 18.2 Å². The normalized spacial score (nSPS) is 16.5. The molecule has 170 valence electrons. The summed E-state index contributed by atoms with van der Waals surface area (Å²) in [5.41, 5.74) is 5.52. The largest absolute Gasteiger partial charge is 0.488 e. The van der Waals surface area contributed by atoms with E-state index in [1.807, 2.05) is 12.3 Å². The van der Waals surface area contributed by atoms with Gasteiger partial charge in [-0.3, -0.25) is 0 Å². The fourth-order valence-corrected chi connectivity index (χ4v) is 3.83. The van der Waals surface area contributed by atoms with Gasteiger partial charge in [0.05, 0.1) is 25.5 Å². The van der Waals surface area contributed by atoms with E-state index in [2.05, 4.69) is 66.3 Å². The molecule has 0 saturated carbocycles. The van der Waals surface area contributed by atoms with Crippen molar-refractivity contribution in [2.24, 2.45) is 4.99 Å². The van der Waals surface area contributed by atoms with E-state index in [9.17, 15) is 0 Å². The van der Waals surface area contributed by atoms with E-state index in [1.54, 1.807) is 0 Å². The molecule has 1 unspecified atom stereocenters. The maximum absolute atomic E-state index is 6.21. The Labute approximate surface area is 189 Å². The molecular weight excluding hydrogens is 402 g/mol. The Balaban J connectivity index is 1.38. The van der Waals surface area contributed by atoms with Gasteiger partial charge in [0.15, 0.2) is 5.96 Å². The lowest BCUT2D eigenvalue weighted by Crippen LogP contribution is -2.38. The quantitative estimate of drug-likeness (QED) is 0.419. The summed E-state index contributed by atoms with van der Waals surface area (Å²) in [7, 11) is 0. The minimum absolute atomic E-state index is 0.125. The van der Waals surface area contributed by atoms with Gasteiger partial charge in [0.1, 0.15) is 17.5 Å². The molecule has 1 atom stereocenters. The number of aryl methyl sites for hydroxylation is 2. The van der Waals surface area contributed by atoms with Gasteiger partial charge in [0.2, 0.25) is 0 Å². The number of hydrogen-bond acceptors (Lipinski definition) is 4. The SMILES string of the molecule is CCNC(=NCc1ccc(C)cc1OC1CCOC1)NCCc1cn2cccc(C)c2n1. The Morgan fingerprint density at radius 3 is 2.97 bits per heavy atom. The number of guanidine groups is 1. The minimum atomic E-state index is 0.125. The van der Waals surface area contributed by atoms with Gasteiger partial charge in [-0.05, 0) is 44.0 Å². The van der Waals surface area contributed by atoms with Crippen molar-refractivity contribution < 1.29 is 9.47 Å². The van der Waals surface area contributed by atoms with Crippen molar-refractivity contribution in [2.75, 3.05) is 26.3 Å². The van der Waals surface area contributed by atoms with Crippen LogP contribution in [-0.2, 0) is 17.7 Å². The first-order chi connectivity index (χ1) is 15.6. The monoisotopic (exact) mass is 435 g/mol. The first kappa shape index (κ1) is 22.1. The Bertz CT molecular complexity index is 1070. The van der Waals surface area contributed by atoms with Crippen LogP contribution in [0.4, 0.5) is 0 Å². The van der Waals surface area contributed by atoms with Crippen LogP contribution in [0.5, 0.6) is 5.75 Å². The topological polar surface area (TPSA) is 72.2 Å². The van der Waals surface area contributed by atoms with Crippen molar-refractivity contribution in [1.82, 2.24) is 20.0 Å². The molecular formula is C25H33N5O2. The van der Waals surface area contributed by atoms with E-state index < -0.39 is 0 Å². The lowest BCUT2D eigenvalue weighted by Gasteiger charge is -2.16. The third-order valence-corrected chi connectivity index (χ3v) is 5.56. The summed E-state index contributed by atoms with van der Waals surface area (Å²) < 4.78 is 13.7. The molecule has 0 spiro atoms. The molecule has 0 bridgehead atoms. The molecule has 1 fully saturated rings. The van der Waals surface area contributed by atoms with Gasteiger partial charge >= 0.3 is 0 Å². The number of pyridine rings is 1.